The molecule has 1 aromatic heterocycles. The van der Waals surface area contributed by atoms with Gasteiger partial charge in [-0.2, -0.15) is 5.10 Å². The third kappa shape index (κ3) is 2.57. The van der Waals surface area contributed by atoms with E-state index in [-0.39, 0.29) is 0 Å². The van der Waals surface area contributed by atoms with Crippen molar-refractivity contribution in [1.82, 2.24) is 9.78 Å². The molecule has 96 valence electrons. The highest BCUT2D eigenvalue weighted by Crippen LogP contribution is 2.23. The summed E-state index contributed by atoms with van der Waals surface area (Å²) < 4.78 is 8.61. The lowest BCUT2D eigenvalue weighted by molar-refractivity contribution is 0.275. The molecule has 0 aliphatic rings. The van der Waals surface area contributed by atoms with Crippen molar-refractivity contribution in [2.75, 3.05) is 0 Å². The standard InChI is InChI=1S/C13H16BrN3O/c1-9-11(7-15)13(17(2)16-9)18-8-10-5-3-4-6-12(10)14/h3-6H,7-8,15H2,1-2H3. The van der Waals surface area contributed by atoms with Gasteiger partial charge < -0.3 is 10.5 Å². The van der Waals surface area contributed by atoms with Gasteiger partial charge in [0, 0.05) is 23.6 Å². The van der Waals surface area contributed by atoms with E-state index < -0.39 is 0 Å². The lowest BCUT2D eigenvalue weighted by Gasteiger charge is -2.09. The zero-order valence-corrected chi connectivity index (χ0v) is 12.1. The van der Waals surface area contributed by atoms with Crippen LogP contribution in [0.1, 0.15) is 16.8 Å². The Morgan fingerprint density at radius 3 is 2.78 bits per heavy atom. The maximum Gasteiger partial charge on any atom is 0.216 e. The molecule has 0 atom stereocenters. The largest absolute Gasteiger partial charge is 0.473 e. The minimum absolute atomic E-state index is 0.435. The number of nitrogens with two attached hydrogens (primary N) is 1. The number of rotatable bonds is 4. The Bertz CT molecular complexity index is 551. The van der Waals surface area contributed by atoms with Crippen LogP contribution in [0.5, 0.6) is 5.88 Å². The number of benzene rings is 1. The van der Waals surface area contributed by atoms with Gasteiger partial charge in [0.1, 0.15) is 6.61 Å². The Balaban J connectivity index is 2.18. The number of nitrogens with zero attached hydrogens (tertiary/aromatic N) is 2. The van der Waals surface area contributed by atoms with E-state index >= 15 is 0 Å². The molecule has 0 radical (unpaired) electrons. The quantitative estimate of drug-likeness (QED) is 0.944. The van der Waals surface area contributed by atoms with Crippen molar-refractivity contribution >= 4 is 15.9 Å². The molecule has 2 rings (SSSR count). The van der Waals surface area contributed by atoms with E-state index in [2.05, 4.69) is 21.0 Å². The number of aryl methyl sites for hydroxylation is 2. The topological polar surface area (TPSA) is 53.1 Å². The van der Waals surface area contributed by atoms with Gasteiger partial charge in [0.2, 0.25) is 5.88 Å². The Labute approximate surface area is 115 Å². The smallest absolute Gasteiger partial charge is 0.216 e. The van der Waals surface area contributed by atoms with Gasteiger partial charge in [0.25, 0.3) is 0 Å². The van der Waals surface area contributed by atoms with Gasteiger partial charge in [-0.15, -0.1) is 0 Å². The van der Waals surface area contributed by atoms with Gasteiger partial charge in [-0.1, -0.05) is 34.1 Å². The Hall–Kier alpha value is -1.33. The summed E-state index contributed by atoms with van der Waals surface area (Å²) in [6.45, 7) is 2.87. The maximum absolute atomic E-state index is 5.84. The third-order valence-electron chi connectivity index (χ3n) is 2.82. The molecule has 0 aliphatic carbocycles. The fourth-order valence-corrected chi connectivity index (χ4v) is 2.26. The Morgan fingerprint density at radius 1 is 1.39 bits per heavy atom. The summed E-state index contributed by atoms with van der Waals surface area (Å²) in [6, 6.07) is 7.99. The van der Waals surface area contributed by atoms with E-state index in [4.69, 9.17) is 10.5 Å². The van der Waals surface area contributed by atoms with Crippen molar-refractivity contribution < 1.29 is 4.74 Å². The number of halogens is 1. The van der Waals surface area contributed by atoms with Crippen LogP contribution < -0.4 is 10.5 Å². The molecule has 0 aliphatic heterocycles. The highest BCUT2D eigenvalue weighted by molar-refractivity contribution is 9.10. The van der Waals surface area contributed by atoms with E-state index in [1.807, 2.05) is 38.2 Å². The van der Waals surface area contributed by atoms with Crippen molar-refractivity contribution in [3.05, 3.63) is 45.6 Å². The highest BCUT2D eigenvalue weighted by atomic mass is 79.9. The molecule has 1 heterocycles. The van der Waals surface area contributed by atoms with E-state index in [9.17, 15) is 0 Å². The number of ether oxygens (including phenoxy) is 1. The molecule has 1 aromatic carbocycles. The van der Waals surface area contributed by atoms with Crippen LogP contribution in [0.25, 0.3) is 0 Å². The molecule has 2 N–H and O–H groups in total. The number of aromatic nitrogens is 2. The molecule has 0 saturated carbocycles. The minimum Gasteiger partial charge on any atom is -0.473 e. The van der Waals surface area contributed by atoms with Crippen LogP contribution in [0.3, 0.4) is 0 Å². The van der Waals surface area contributed by atoms with Gasteiger partial charge in [0.15, 0.2) is 0 Å². The van der Waals surface area contributed by atoms with Gasteiger partial charge >= 0.3 is 0 Å². The van der Waals surface area contributed by atoms with Crippen LogP contribution in [0.15, 0.2) is 28.7 Å². The predicted molar refractivity (Wildman–Crippen MR) is 74.3 cm³/mol. The molecule has 0 saturated heterocycles. The van der Waals surface area contributed by atoms with Gasteiger partial charge in [-0.3, -0.25) is 0 Å². The van der Waals surface area contributed by atoms with Crippen molar-refractivity contribution in [3.8, 4) is 5.88 Å². The van der Waals surface area contributed by atoms with Crippen molar-refractivity contribution in [2.45, 2.75) is 20.1 Å². The normalized spacial score (nSPS) is 10.7. The average Bonchev–Trinajstić information content (AvgIpc) is 2.62. The Kier molecular flexibility index (Phi) is 4.04. The van der Waals surface area contributed by atoms with Crippen LogP contribution in [0.4, 0.5) is 0 Å². The lowest BCUT2D eigenvalue weighted by Crippen LogP contribution is -2.05. The van der Waals surface area contributed by atoms with Crippen LogP contribution in [0.2, 0.25) is 0 Å². The molecular formula is C13H16BrN3O. The van der Waals surface area contributed by atoms with Gasteiger partial charge in [-0.25, -0.2) is 4.68 Å². The second kappa shape index (κ2) is 5.54. The molecule has 4 nitrogen and oxygen atoms in total. The second-order valence-electron chi connectivity index (χ2n) is 4.08. The third-order valence-corrected chi connectivity index (χ3v) is 3.59. The minimum atomic E-state index is 0.435. The average molecular weight is 310 g/mol. The summed E-state index contributed by atoms with van der Waals surface area (Å²) in [5, 5.41) is 4.32. The lowest BCUT2D eigenvalue weighted by atomic mass is 10.2. The summed E-state index contributed by atoms with van der Waals surface area (Å²) in [5.74, 6) is 0.741. The first kappa shape index (κ1) is 13.1. The van der Waals surface area contributed by atoms with Crippen LogP contribution in [0, 0.1) is 6.92 Å². The van der Waals surface area contributed by atoms with Crippen LogP contribution in [-0.4, -0.2) is 9.78 Å². The SMILES string of the molecule is Cc1nn(C)c(OCc2ccccc2Br)c1CN. The maximum atomic E-state index is 5.84. The molecule has 0 spiro atoms. The number of hydrogen-bond donors (Lipinski definition) is 1. The zero-order valence-electron chi connectivity index (χ0n) is 10.5. The van der Waals surface area contributed by atoms with Crippen molar-refractivity contribution in [1.29, 1.82) is 0 Å². The summed E-state index contributed by atoms with van der Waals surface area (Å²) in [7, 11) is 1.86. The fraction of sp³-hybridized carbons (Fsp3) is 0.308. The first-order chi connectivity index (χ1) is 8.63. The van der Waals surface area contributed by atoms with E-state index in [0.717, 1.165) is 27.2 Å². The van der Waals surface area contributed by atoms with Crippen LogP contribution >= 0.6 is 15.9 Å². The molecule has 18 heavy (non-hydrogen) atoms. The zero-order chi connectivity index (χ0) is 13.1. The monoisotopic (exact) mass is 309 g/mol. The first-order valence-corrected chi connectivity index (χ1v) is 6.51. The summed E-state index contributed by atoms with van der Waals surface area (Å²) in [6.07, 6.45) is 0. The molecule has 0 amide bonds. The molecule has 5 heteroatoms. The molecule has 0 bridgehead atoms. The molecular weight excluding hydrogens is 294 g/mol. The fourth-order valence-electron chi connectivity index (χ4n) is 1.86. The molecule has 2 aromatic rings. The summed E-state index contributed by atoms with van der Waals surface area (Å²) >= 11 is 3.50. The Morgan fingerprint density at radius 2 is 2.11 bits per heavy atom. The number of hydrogen-bond acceptors (Lipinski definition) is 3. The van der Waals surface area contributed by atoms with Crippen molar-refractivity contribution in [2.24, 2.45) is 12.8 Å². The summed E-state index contributed by atoms with van der Waals surface area (Å²) in [4.78, 5) is 0. The first-order valence-electron chi connectivity index (χ1n) is 5.72. The van der Waals surface area contributed by atoms with E-state index in [1.54, 1.807) is 4.68 Å². The predicted octanol–water partition coefficient (Wildman–Crippen LogP) is 2.53. The summed E-state index contributed by atoms with van der Waals surface area (Å²) in [5.41, 5.74) is 8.70. The second-order valence-corrected chi connectivity index (χ2v) is 4.93. The van der Waals surface area contributed by atoms with Gasteiger partial charge in [0.05, 0.1) is 11.3 Å². The van der Waals surface area contributed by atoms with E-state index in [0.29, 0.717) is 13.2 Å². The highest BCUT2D eigenvalue weighted by Gasteiger charge is 2.13. The van der Waals surface area contributed by atoms with Gasteiger partial charge in [-0.05, 0) is 13.0 Å². The van der Waals surface area contributed by atoms with E-state index in [1.165, 1.54) is 0 Å². The molecule has 0 fully saturated rings. The van der Waals surface area contributed by atoms with Crippen molar-refractivity contribution in [3.63, 3.8) is 0 Å². The van der Waals surface area contributed by atoms with Crippen LogP contribution in [-0.2, 0) is 20.2 Å². The molecule has 0 unspecified atom stereocenters.